The number of benzene rings is 1. The van der Waals surface area contributed by atoms with Crippen LogP contribution in [0.4, 0.5) is 8.78 Å². The van der Waals surface area contributed by atoms with Gasteiger partial charge in [0.15, 0.2) is 0 Å². The molecule has 4 heteroatoms. The van der Waals surface area contributed by atoms with Gasteiger partial charge in [-0.25, -0.2) is 8.78 Å². The Hall–Kier alpha value is -1.32. The van der Waals surface area contributed by atoms with Crippen molar-refractivity contribution in [2.24, 2.45) is 0 Å². The van der Waals surface area contributed by atoms with Gasteiger partial charge in [0.05, 0.1) is 0 Å². The summed E-state index contributed by atoms with van der Waals surface area (Å²) < 4.78 is 34.3. The predicted molar refractivity (Wildman–Crippen MR) is 47.7 cm³/mol. The Morgan fingerprint density at radius 1 is 1.21 bits per heavy atom. The zero-order valence-electron chi connectivity index (χ0n) is 7.96. The summed E-state index contributed by atoms with van der Waals surface area (Å²) in [5, 5.41) is 0. The van der Waals surface area contributed by atoms with Gasteiger partial charge in [-0.2, -0.15) is 0 Å². The maximum absolute atomic E-state index is 12.4. The lowest BCUT2D eigenvalue weighted by atomic mass is 10.3. The van der Waals surface area contributed by atoms with Gasteiger partial charge in [0.25, 0.3) is 0 Å². The minimum atomic E-state index is -1.43. The van der Waals surface area contributed by atoms with Crippen LogP contribution in [0.5, 0.6) is 11.5 Å². The molecule has 0 heterocycles. The number of ether oxygens (including phenoxy) is 2. The van der Waals surface area contributed by atoms with Crippen LogP contribution in [-0.2, 0) is 0 Å². The van der Waals surface area contributed by atoms with Crippen LogP contribution in [0.15, 0.2) is 18.2 Å². The summed E-state index contributed by atoms with van der Waals surface area (Å²) in [6.07, 6.45) is -2.84. The average molecular weight is 201 g/mol. The van der Waals surface area contributed by atoms with Crippen molar-refractivity contribution in [2.75, 3.05) is 0 Å². The van der Waals surface area contributed by atoms with Crippen molar-refractivity contribution in [1.29, 1.82) is 0 Å². The van der Waals surface area contributed by atoms with Gasteiger partial charge in [0.1, 0.15) is 11.5 Å². The van der Waals surface area contributed by atoms with Crippen molar-refractivity contribution in [3.8, 4) is 11.5 Å². The summed E-state index contributed by atoms with van der Waals surface area (Å²) in [6.45, 7) is 2.51. The summed E-state index contributed by atoms with van der Waals surface area (Å²) in [6, 6.07) is 7.03. The fraction of sp³-hybridized carbons (Fsp3) is 0.400. The normalized spacial score (nSPS) is 14.6. The molecule has 0 saturated carbocycles. The molecule has 0 bridgehead atoms. The molecule has 0 N–H and O–H groups in total. The monoisotopic (exact) mass is 201 g/mol. The van der Waals surface area contributed by atoms with E-state index >= 15 is 0 Å². The van der Waals surface area contributed by atoms with Crippen LogP contribution in [-0.4, -0.2) is 12.7 Å². The second kappa shape index (κ2) is 4.79. The van der Waals surface area contributed by atoms with Gasteiger partial charge in [-0.3, -0.25) is 0 Å². The average Bonchev–Trinajstić information content (AvgIpc) is 2.01. The lowest BCUT2D eigenvalue weighted by molar-refractivity contribution is 0.0785. The fourth-order valence-corrected chi connectivity index (χ4v) is 0.929. The molecule has 0 aromatic heterocycles. The zero-order chi connectivity index (χ0) is 10.6. The number of rotatable bonds is 4. The fourth-order valence-electron chi connectivity index (χ4n) is 0.929. The molecule has 0 aliphatic rings. The summed E-state index contributed by atoms with van der Waals surface area (Å²) in [4.78, 5) is 0. The van der Waals surface area contributed by atoms with Crippen LogP contribution < -0.4 is 9.47 Å². The van der Waals surface area contributed by atoms with Gasteiger partial charge in [0, 0.05) is 26.0 Å². The molecule has 0 spiro atoms. The first-order chi connectivity index (χ1) is 6.58. The van der Waals surface area contributed by atoms with Crippen LogP contribution in [0.25, 0.3) is 0 Å². The van der Waals surface area contributed by atoms with E-state index in [0.29, 0.717) is 0 Å². The molecule has 1 aromatic rings. The smallest absolute Gasteiger partial charge is 0.235 e. The van der Waals surface area contributed by atoms with Crippen molar-refractivity contribution in [3.05, 3.63) is 24.3 Å². The molecular weight excluding hydrogens is 190 g/mol. The molecule has 0 amide bonds. The molecule has 0 saturated heterocycles. The Labute approximate surface area is 81.4 Å². The van der Waals surface area contributed by atoms with E-state index in [1.54, 1.807) is 0 Å². The number of hydrogen-bond donors (Lipinski definition) is 0. The van der Waals surface area contributed by atoms with Gasteiger partial charge in [0.2, 0.25) is 12.7 Å². The largest absolute Gasteiger partial charge is 0.461 e. The third-order valence-corrected chi connectivity index (χ3v) is 1.33. The van der Waals surface area contributed by atoms with Crippen molar-refractivity contribution in [1.82, 2.24) is 0 Å². The van der Waals surface area contributed by atoms with Crippen molar-refractivity contribution in [3.63, 3.8) is 0 Å². The maximum Gasteiger partial charge on any atom is 0.235 e. The van der Waals surface area contributed by atoms with Gasteiger partial charge in [-0.05, 0) is 12.1 Å². The van der Waals surface area contributed by atoms with Gasteiger partial charge in [-0.1, -0.05) is 0 Å². The van der Waals surface area contributed by atoms with Crippen LogP contribution in [0.3, 0.4) is 0 Å². The Balaban J connectivity index is 2.68. The topological polar surface area (TPSA) is 18.5 Å². The lowest BCUT2D eigenvalue weighted by Crippen LogP contribution is -2.06. The zero-order valence-corrected chi connectivity index (χ0v) is 7.96. The second-order valence-corrected chi connectivity index (χ2v) is 2.71. The molecular formula is C10H11F2O2. The van der Waals surface area contributed by atoms with E-state index in [0.717, 1.165) is 0 Å². The molecule has 0 aliphatic carbocycles. The first-order valence-corrected chi connectivity index (χ1v) is 4.21. The minimum Gasteiger partial charge on any atom is -0.461 e. The van der Waals surface area contributed by atoms with Crippen LogP contribution in [0.1, 0.15) is 13.8 Å². The highest BCUT2D eigenvalue weighted by atomic mass is 19.1. The Kier molecular flexibility index (Phi) is 3.68. The molecule has 1 aromatic carbocycles. The standard InChI is InChI=1S/C10H11F2O2/c1-7(11)13-9-4-3-5-10(6-9)14-8(2)12/h3-4,6-8H,1-2H3. The van der Waals surface area contributed by atoms with Crippen LogP contribution in [0, 0.1) is 6.07 Å². The van der Waals surface area contributed by atoms with E-state index in [2.05, 4.69) is 6.07 Å². The van der Waals surface area contributed by atoms with Crippen LogP contribution in [0.2, 0.25) is 0 Å². The van der Waals surface area contributed by atoms with E-state index in [4.69, 9.17) is 9.47 Å². The van der Waals surface area contributed by atoms with Crippen molar-refractivity contribution in [2.45, 2.75) is 26.6 Å². The molecule has 1 radical (unpaired) electrons. The molecule has 14 heavy (non-hydrogen) atoms. The minimum absolute atomic E-state index is 0.193. The highest BCUT2D eigenvalue weighted by Gasteiger charge is 2.04. The molecule has 2 atom stereocenters. The third kappa shape index (κ3) is 3.60. The third-order valence-electron chi connectivity index (χ3n) is 1.33. The highest BCUT2D eigenvalue weighted by Crippen LogP contribution is 2.21. The van der Waals surface area contributed by atoms with E-state index in [1.165, 1.54) is 32.0 Å². The SMILES string of the molecule is CC(F)Oc1[c]ccc(OC(C)F)c1. The summed E-state index contributed by atoms with van der Waals surface area (Å²) in [5.74, 6) is 0.479. The van der Waals surface area contributed by atoms with E-state index in [9.17, 15) is 8.78 Å². The molecule has 0 fully saturated rings. The molecule has 2 nitrogen and oxygen atoms in total. The Bertz CT molecular complexity index is 262. The molecule has 1 rings (SSSR count). The number of hydrogen-bond acceptors (Lipinski definition) is 2. The second-order valence-electron chi connectivity index (χ2n) is 2.71. The summed E-state index contributed by atoms with van der Waals surface area (Å²) in [7, 11) is 0. The molecule has 77 valence electrons. The maximum atomic E-state index is 12.4. The summed E-state index contributed by atoms with van der Waals surface area (Å²) in [5.41, 5.74) is 0. The van der Waals surface area contributed by atoms with Gasteiger partial charge >= 0.3 is 0 Å². The highest BCUT2D eigenvalue weighted by molar-refractivity contribution is 5.31. The van der Waals surface area contributed by atoms with E-state index < -0.39 is 12.7 Å². The number of halogens is 2. The van der Waals surface area contributed by atoms with Crippen LogP contribution >= 0.6 is 0 Å². The predicted octanol–water partition coefficient (Wildman–Crippen LogP) is 2.88. The first-order valence-electron chi connectivity index (χ1n) is 4.21. The Morgan fingerprint density at radius 2 is 1.86 bits per heavy atom. The van der Waals surface area contributed by atoms with Crippen molar-refractivity contribution >= 4 is 0 Å². The van der Waals surface area contributed by atoms with E-state index in [-0.39, 0.29) is 11.5 Å². The Morgan fingerprint density at radius 3 is 2.43 bits per heavy atom. The van der Waals surface area contributed by atoms with Gasteiger partial charge < -0.3 is 9.47 Å². The van der Waals surface area contributed by atoms with Gasteiger partial charge in [-0.15, -0.1) is 0 Å². The quantitative estimate of drug-likeness (QED) is 0.745. The van der Waals surface area contributed by atoms with Crippen molar-refractivity contribution < 1.29 is 18.3 Å². The number of alkyl halides is 2. The molecule has 0 aliphatic heterocycles. The molecule has 2 unspecified atom stereocenters. The first kappa shape index (κ1) is 10.8. The lowest BCUT2D eigenvalue weighted by Gasteiger charge is -2.09. The summed E-state index contributed by atoms with van der Waals surface area (Å²) >= 11 is 0. The van der Waals surface area contributed by atoms with E-state index in [1.807, 2.05) is 0 Å².